The molecule has 170 valence electrons. The highest BCUT2D eigenvalue weighted by molar-refractivity contribution is 7.89. The molecule has 0 saturated carbocycles. The summed E-state index contributed by atoms with van der Waals surface area (Å²) in [6, 6.07) is 10.3. The second-order valence-corrected chi connectivity index (χ2v) is 9.18. The van der Waals surface area contributed by atoms with Gasteiger partial charge < -0.3 is 14.5 Å². The smallest absolute Gasteiger partial charge is 0.246 e. The molecule has 32 heavy (non-hydrogen) atoms. The standard InChI is InChI=1S/C22H24FN3O5S/c1-4-30-18-10-9-17(13-20(18)32(28,29)26(2)3)25-21(27)11-12-22-24-14-19(31-22)15-5-7-16(23)8-6-15/h5-10,13-14H,4,11-12H2,1-3H3,(H,25,27). The number of nitrogens with zero attached hydrogens (tertiary/aromatic N) is 2. The Morgan fingerprint density at radius 3 is 2.56 bits per heavy atom. The summed E-state index contributed by atoms with van der Waals surface area (Å²) in [5.74, 6) is 0.379. The molecule has 1 aromatic heterocycles. The van der Waals surface area contributed by atoms with E-state index in [0.717, 1.165) is 4.31 Å². The molecule has 0 fully saturated rings. The number of anilines is 1. The summed E-state index contributed by atoms with van der Waals surface area (Å²) < 4.78 is 50.4. The number of aromatic nitrogens is 1. The number of benzene rings is 2. The number of oxazole rings is 1. The van der Waals surface area contributed by atoms with Gasteiger partial charge in [0.2, 0.25) is 15.9 Å². The van der Waals surface area contributed by atoms with Crippen molar-refractivity contribution in [3.63, 3.8) is 0 Å². The molecule has 10 heteroatoms. The third kappa shape index (κ3) is 5.51. The number of carbonyl (C=O) groups excluding carboxylic acids is 1. The Balaban J connectivity index is 1.67. The molecule has 2 aromatic carbocycles. The Labute approximate surface area is 186 Å². The number of sulfonamides is 1. The van der Waals surface area contributed by atoms with Gasteiger partial charge in [0.15, 0.2) is 11.7 Å². The lowest BCUT2D eigenvalue weighted by molar-refractivity contribution is -0.116. The van der Waals surface area contributed by atoms with Gasteiger partial charge >= 0.3 is 0 Å². The first kappa shape index (κ1) is 23.4. The summed E-state index contributed by atoms with van der Waals surface area (Å²) in [5, 5.41) is 2.69. The number of amides is 1. The number of halogens is 1. The Bertz CT molecular complexity index is 1190. The highest BCUT2D eigenvalue weighted by Crippen LogP contribution is 2.29. The minimum atomic E-state index is -3.76. The summed E-state index contributed by atoms with van der Waals surface area (Å²) in [6.45, 7) is 2.06. The van der Waals surface area contributed by atoms with E-state index in [0.29, 0.717) is 29.5 Å². The van der Waals surface area contributed by atoms with Gasteiger partial charge in [0.25, 0.3) is 0 Å². The molecule has 0 bridgehead atoms. The van der Waals surface area contributed by atoms with Crippen LogP contribution in [0.2, 0.25) is 0 Å². The van der Waals surface area contributed by atoms with E-state index >= 15 is 0 Å². The predicted octanol–water partition coefficient (Wildman–Crippen LogP) is 3.70. The van der Waals surface area contributed by atoms with E-state index in [-0.39, 0.29) is 35.2 Å². The largest absolute Gasteiger partial charge is 0.492 e. The molecule has 1 N–H and O–H groups in total. The maximum absolute atomic E-state index is 13.1. The number of ether oxygens (including phenoxy) is 1. The lowest BCUT2D eigenvalue weighted by atomic mass is 10.2. The second-order valence-electron chi connectivity index (χ2n) is 7.06. The van der Waals surface area contributed by atoms with Crippen molar-refractivity contribution in [2.75, 3.05) is 26.0 Å². The van der Waals surface area contributed by atoms with Crippen molar-refractivity contribution < 1.29 is 26.8 Å². The van der Waals surface area contributed by atoms with E-state index in [1.807, 2.05) is 0 Å². The molecule has 1 amide bonds. The Hall–Kier alpha value is -3.24. The Kier molecular flexibility index (Phi) is 7.26. The number of carbonyl (C=O) groups is 1. The summed E-state index contributed by atoms with van der Waals surface area (Å²) in [7, 11) is -0.914. The Morgan fingerprint density at radius 1 is 1.19 bits per heavy atom. The fourth-order valence-corrected chi connectivity index (χ4v) is 3.93. The minimum absolute atomic E-state index is 0.0289. The maximum Gasteiger partial charge on any atom is 0.246 e. The van der Waals surface area contributed by atoms with Crippen molar-refractivity contribution in [1.82, 2.24) is 9.29 Å². The van der Waals surface area contributed by atoms with Crippen molar-refractivity contribution in [1.29, 1.82) is 0 Å². The molecule has 0 spiro atoms. The quantitative estimate of drug-likeness (QED) is 0.521. The van der Waals surface area contributed by atoms with E-state index in [9.17, 15) is 17.6 Å². The number of nitrogens with one attached hydrogen (secondary N) is 1. The molecule has 0 saturated heterocycles. The molecular formula is C22H24FN3O5S. The van der Waals surface area contributed by atoms with Crippen LogP contribution in [0.3, 0.4) is 0 Å². The van der Waals surface area contributed by atoms with Gasteiger partial charge in [-0.3, -0.25) is 4.79 Å². The lowest BCUT2D eigenvalue weighted by Gasteiger charge is -2.16. The third-order valence-electron chi connectivity index (χ3n) is 4.53. The average Bonchev–Trinajstić information content (AvgIpc) is 3.23. The van der Waals surface area contributed by atoms with Crippen LogP contribution >= 0.6 is 0 Å². The Morgan fingerprint density at radius 2 is 1.91 bits per heavy atom. The number of hydrogen-bond acceptors (Lipinski definition) is 6. The van der Waals surface area contributed by atoms with Crippen LogP contribution in [0.15, 0.2) is 58.0 Å². The molecule has 0 atom stereocenters. The van der Waals surface area contributed by atoms with Gasteiger partial charge in [-0.25, -0.2) is 22.1 Å². The van der Waals surface area contributed by atoms with Crippen LogP contribution in [0.4, 0.5) is 10.1 Å². The van der Waals surface area contributed by atoms with E-state index in [4.69, 9.17) is 9.15 Å². The van der Waals surface area contributed by atoms with Crippen LogP contribution in [0.1, 0.15) is 19.2 Å². The van der Waals surface area contributed by atoms with Crippen molar-refractivity contribution in [2.45, 2.75) is 24.7 Å². The lowest BCUT2D eigenvalue weighted by Crippen LogP contribution is -2.23. The van der Waals surface area contributed by atoms with Crippen LogP contribution in [0, 0.1) is 5.82 Å². The fraction of sp³-hybridized carbons (Fsp3) is 0.273. The molecule has 0 aliphatic heterocycles. The van der Waals surface area contributed by atoms with Gasteiger partial charge in [0.05, 0.1) is 12.8 Å². The number of hydrogen-bond donors (Lipinski definition) is 1. The normalized spacial score (nSPS) is 11.5. The highest BCUT2D eigenvalue weighted by Gasteiger charge is 2.23. The van der Waals surface area contributed by atoms with Crippen LogP contribution < -0.4 is 10.1 Å². The molecule has 0 aliphatic rings. The second kappa shape index (κ2) is 9.92. The van der Waals surface area contributed by atoms with E-state index in [1.165, 1.54) is 44.6 Å². The molecule has 1 heterocycles. The number of rotatable bonds is 9. The van der Waals surface area contributed by atoms with Gasteiger partial charge in [-0.2, -0.15) is 0 Å². The minimum Gasteiger partial charge on any atom is -0.492 e. The zero-order chi connectivity index (χ0) is 23.3. The topological polar surface area (TPSA) is 102 Å². The van der Waals surface area contributed by atoms with Crippen LogP contribution in [-0.2, 0) is 21.2 Å². The van der Waals surface area contributed by atoms with Crippen LogP contribution in [0.25, 0.3) is 11.3 Å². The summed E-state index contributed by atoms with van der Waals surface area (Å²) >= 11 is 0. The van der Waals surface area contributed by atoms with Gasteiger partial charge in [-0.05, 0) is 49.4 Å². The predicted molar refractivity (Wildman–Crippen MR) is 117 cm³/mol. The fourth-order valence-electron chi connectivity index (χ4n) is 2.88. The first-order valence-corrected chi connectivity index (χ1v) is 11.3. The van der Waals surface area contributed by atoms with Crippen molar-refractivity contribution in [3.8, 4) is 17.1 Å². The molecule has 3 aromatic rings. The molecule has 8 nitrogen and oxygen atoms in total. The summed E-state index contributed by atoms with van der Waals surface area (Å²) in [5.41, 5.74) is 1.01. The third-order valence-corrected chi connectivity index (χ3v) is 6.37. The van der Waals surface area contributed by atoms with Crippen LogP contribution in [0.5, 0.6) is 5.75 Å². The molecule has 0 radical (unpaired) electrons. The molecular weight excluding hydrogens is 437 g/mol. The van der Waals surface area contributed by atoms with Gasteiger partial charge in [-0.15, -0.1) is 0 Å². The van der Waals surface area contributed by atoms with Crippen molar-refractivity contribution >= 4 is 21.6 Å². The molecule has 0 unspecified atom stereocenters. The van der Waals surface area contributed by atoms with Crippen molar-refractivity contribution in [2.24, 2.45) is 0 Å². The monoisotopic (exact) mass is 461 g/mol. The van der Waals surface area contributed by atoms with Crippen molar-refractivity contribution in [3.05, 3.63) is 60.4 Å². The van der Waals surface area contributed by atoms with E-state index in [1.54, 1.807) is 25.1 Å². The zero-order valence-electron chi connectivity index (χ0n) is 18.0. The van der Waals surface area contributed by atoms with E-state index < -0.39 is 10.0 Å². The average molecular weight is 462 g/mol. The number of aryl methyl sites for hydroxylation is 1. The molecule has 3 rings (SSSR count). The summed E-state index contributed by atoms with van der Waals surface area (Å²) in [6.07, 6.45) is 1.84. The van der Waals surface area contributed by atoms with Crippen LogP contribution in [-0.4, -0.2) is 44.3 Å². The zero-order valence-corrected chi connectivity index (χ0v) is 18.8. The van der Waals surface area contributed by atoms with Gasteiger partial charge in [0, 0.05) is 38.2 Å². The van der Waals surface area contributed by atoms with E-state index in [2.05, 4.69) is 10.3 Å². The SMILES string of the molecule is CCOc1ccc(NC(=O)CCc2ncc(-c3ccc(F)cc3)o2)cc1S(=O)(=O)N(C)C. The first-order chi connectivity index (χ1) is 15.2. The highest BCUT2D eigenvalue weighted by atomic mass is 32.2. The first-order valence-electron chi connectivity index (χ1n) is 9.90. The van der Waals surface area contributed by atoms with Gasteiger partial charge in [-0.1, -0.05) is 0 Å². The summed E-state index contributed by atoms with van der Waals surface area (Å²) in [4.78, 5) is 16.5. The van der Waals surface area contributed by atoms with Gasteiger partial charge in [0.1, 0.15) is 16.5 Å². The molecule has 0 aliphatic carbocycles. The maximum atomic E-state index is 13.1.